The van der Waals surface area contributed by atoms with E-state index in [4.69, 9.17) is 30.5 Å². The van der Waals surface area contributed by atoms with Gasteiger partial charge in [0.1, 0.15) is 24.6 Å². The molecule has 0 radical (unpaired) electrons. The van der Waals surface area contributed by atoms with Crippen molar-refractivity contribution in [3.63, 3.8) is 0 Å². The summed E-state index contributed by atoms with van der Waals surface area (Å²) in [5.74, 6) is -1.96. The zero-order chi connectivity index (χ0) is 32.4. The van der Waals surface area contributed by atoms with Crippen LogP contribution in [0.5, 0.6) is 0 Å². The molecule has 46 heavy (non-hydrogen) atoms. The van der Waals surface area contributed by atoms with E-state index in [1.54, 1.807) is 72.8 Å². The number of aryl methyl sites for hydroxylation is 3. The van der Waals surface area contributed by atoms with Crippen LogP contribution >= 0.6 is 11.6 Å². The molecule has 1 saturated heterocycles. The first-order valence-corrected chi connectivity index (χ1v) is 14.8. The van der Waals surface area contributed by atoms with E-state index in [1.165, 1.54) is 17.2 Å². The minimum absolute atomic E-state index is 0.112. The minimum atomic E-state index is -1.22. The number of aromatic nitrogens is 4. The van der Waals surface area contributed by atoms with E-state index in [0.717, 1.165) is 16.7 Å². The number of fused-ring (bicyclic) bond motifs is 1. The summed E-state index contributed by atoms with van der Waals surface area (Å²) < 4.78 is 25.6. The van der Waals surface area contributed by atoms with Crippen molar-refractivity contribution in [1.29, 1.82) is 0 Å². The van der Waals surface area contributed by atoms with Gasteiger partial charge in [-0.1, -0.05) is 64.7 Å². The number of esters is 3. The molecule has 4 unspecified atom stereocenters. The van der Waals surface area contributed by atoms with Crippen LogP contribution in [0.1, 0.15) is 54.0 Å². The summed E-state index contributed by atoms with van der Waals surface area (Å²) in [7, 11) is 0. The molecule has 1 aliphatic heterocycles. The summed E-state index contributed by atoms with van der Waals surface area (Å²) in [6, 6.07) is 20.5. The lowest BCUT2D eigenvalue weighted by atomic mass is 10.1. The number of carbonyl (C=O) groups excluding carboxylic acids is 3. The Morgan fingerprint density at radius 3 is 1.76 bits per heavy atom. The van der Waals surface area contributed by atoms with Gasteiger partial charge in [-0.05, 0) is 57.2 Å². The van der Waals surface area contributed by atoms with Gasteiger partial charge in [0.05, 0.1) is 23.0 Å². The first-order chi connectivity index (χ1) is 22.2. The summed E-state index contributed by atoms with van der Waals surface area (Å²) in [5, 5.41) is 0.112. The Hall–Kier alpha value is -5.13. The highest BCUT2D eigenvalue weighted by Crippen LogP contribution is 2.37. The minimum Gasteiger partial charge on any atom is -0.459 e. The van der Waals surface area contributed by atoms with Gasteiger partial charge in [-0.25, -0.2) is 29.3 Å². The highest BCUT2D eigenvalue weighted by atomic mass is 35.5. The van der Waals surface area contributed by atoms with E-state index in [9.17, 15) is 14.4 Å². The van der Waals surface area contributed by atoms with Crippen LogP contribution in [-0.2, 0) is 18.9 Å². The third-order valence-electron chi connectivity index (χ3n) is 7.60. The van der Waals surface area contributed by atoms with Crippen molar-refractivity contribution in [2.75, 3.05) is 6.61 Å². The third-order valence-corrected chi connectivity index (χ3v) is 7.88. The highest BCUT2D eigenvalue weighted by Gasteiger charge is 2.52. The van der Waals surface area contributed by atoms with E-state index >= 15 is 0 Å². The van der Waals surface area contributed by atoms with E-state index in [2.05, 4.69) is 15.0 Å². The predicted octanol–water partition coefficient (Wildman–Crippen LogP) is 5.61. The topological polar surface area (TPSA) is 132 Å². The van der Waals surface area contributed by atoms with E-state index in [0.29, 0.717) is 16.7 Å². The second kappa shape index (κ2) is 13.1. The molecule has 12 heteroatoms. The zero-order valence-corrected chi connectivity index (χ0v) is 25.9. The molecule has 6 rings (SSSR count). The first-order valence-electron chi connectivity index (χ1n) is 14.5. The molecule has 234 valence electrons. The maximum Gasteiger partial charge on any atom is 0.338 e. The van der Waals surface area contributed by atoms with E-state index in [-0.39, 0.29) is 22.9 Å². The Labute approximate surface area is 269 Å². The average Bonchev–Trinajstić information content (AvgIpc) is 3.62. The lowest BCUT2D eigenvalue weighted by Crippen LogP contribution is -2.41. The van der Waals surface area contributed by atoms with Gasteiger partial charge in [0.2, 0.25) is 0 Å². The van der Waals surface area contributed by atoms with Crippen LogP contribution in [0, 0.1) is 20.8 Å². The molecule has 0 aliphatic carbocycles. The van der Waals surface area contributed by atoms with Gasteiger partial charge in [0.15, 0.2) is 29.2 Å². The molecule has 0 N–H and O–H groups in total. The molecule has 0 bridgehead atoms. The maximum absolute atomic E-state index is 13.5. The Morgan fingerprint density at radius 1 is 0.717 bits per heavy atom. The van der Waals surface area contributed by atoms with Crippen molar-refractivity contribution in [3.05, 3.63) is 124 Å². The number of ether oxygens (including phenoxy) is 4. The molecule has 0 saturated carbocycles. The molecule has 3 aromatic carbocycles. The second-order valence-electron chi connectivity index (χ2n) is 11.0. The molecule has 2 aromatic heterocycles. The number of rotatable bonds is 8. The largest absolute Gasteiger partial charge is 0.459 e. The standard InChI is InChI=1S/C34H29ClN4O7/c1-19-4-10-22(11-5-19)32(40)43-16-25-27(45-33(41)23-12-6-20(2)7-13-23)28(46-34(42)24-14-8-21(3)9-15-24)31(44-25)39-18-38-26-29(35)36-17-37-30(26)39/h4-15,17-18,25,27-28,31H,16H2,1-3H3. The number of nitrogens with zero attached hydrogens (tertiary/aromatic N) is 4. The van der Waals surface area contributed by atoms with Gasteiger partial charge >= 0.3 is 17.9 Å². The quantitative estimate of drug-likeness (QED) is 0.120. The number of imidazole rings is 1. The Morgan fingerprint density at radius 2 is 1.22 bits per heavy atom. The predicted molar refractivity (Wildman–Crippen MR) is 166 cm³/mol. The summed E-state index contributed by atoms with van der Waals surface area (Å²) in [4.78, 5) is 52.5. The number of halogens is 1. The summed E-state index contributed by atoms with van der Waals surface area (Å²) in [6.07, 6.45) is -1.92. The molecule has 0 amide bonds. The van der Waals surface area contributed by atoms with Gasteiger partial charge < -0.3 is 18.9 Å². The van der Waals surface area contributed by atoms with Crippen LogP contribution in [0.4, 0.5) is 0 Å². The fourth-order valence-electron chi connectivity index (χ4n) is 5.04. The van der Waals surface area contributed by atoms with Crippen LogP contribution in [0.3, 0.4) is 0 Å². The van der Waals surface area contributed by atoms with Gasteiger partial charge in [-0.15, -0.1) is 0 Å². The molecule has 1 fully saturated rings. The van der Waals surface area contributed by atoms with Crippen molar-refractivity contribution in [1.82, 2.24) is 19.5 Å². The van der Waals surface area contributed by atoms with Crippen molar-refractivity contribution < 1.29 is 33.3 Å². The van der Waals surface area contributed by atoms with Crippen LogP contribution in [0.15, 0.2) is 85.5 Å². The molecule has 5 aromatic rings. The molecular weight excluding hydrogens is 612 g/mol. The van der Waals surface area contributed by atoms with Crippen LogP contribution in [-0.4, -0.2) is 62.3 Å². The van der Waals surface area contributed by atoms with Crippen molar-refractivity contribution >= 4 is 40.7 Å². The molecule has 3 heterocycles. The SMILES string of the molecule is Cc1ccc(C(=O)OCC2OC(n3cnc4c(Cl)ncnc43)C(OC(=O)c3ccc(C)cc3)C2OC(=O)c2ccc(C)cc2)cc1. The van der Waals surface area contributed by atoms with Crippen LogP contribution in [0.2, 0.25) is 5.15 Å². The number of carbonyl (C=O) groups is 3. The number of hydrogen-bond donors (Lipinski definition) is 0. The fourth-order valence-corrected chi connectivity index (χ4v) is 5.21. The fraction of sp³-hybridized carbons (Fsp3) is 0.235. The molecular formula is C34H29ClN4O7. The molecule has 11 nitrogen and oxygen atoms in total. The Kier molecular flexibility index (Phi) is 8.78. The maximum atomic E-state index is 13.5. The monoisotopic (exact) mass is 640 g/mol. The van der Waals surface area contributed by atoms with Crippen molar-refractivity contribution in [3.8, 4) is 0 Å². The summed E-state index contributed by atoms with van der Waals surface area (Å²) in [6.45, 7) is 5.38. The van der Waals surface area contributed by atoms with Gasteiger partial charge in [-0.2, -0.15) is 0 Å². The van der Waals surface area contributed by atoms with E-state index < -0.39 is 42.4 Å². The lowest BCUT2D eigenvalue weighted by molar-refractivity contribution is -0.0606. The zero-order valence-electron chi connectivity index (χ0n) is 25.1. The third kappa shape index (κ3) is 6.46. The molecule has 1 aliphatic rings. The van der Waals surface area contributed by atoms with E-state index in [1.807, 2.05) is 20.8 Å². The smallest absolute Gasteiger partial charge is 0.338 e. The normalized spacial score (nSPS) is 19.1. The van der Waals surface area contributed by atoms with Crippen LogP contribution in [0.25, 0.3) is 11.2 Å². The Bertz CT molecular complexity index is 1890. The lowest BCUT2D eigenvalue weighted by Gasteiger charge is -2.25. The van der Waals surface area contributed by atoms with Crippen molar-refractivity contribution in [2.45, 2.75) is 45.3 Å². The second-order valence-corrected chi connectivity index (χ2v) is 11.3. The number of benzene rings is 3. The van der Waals surface area contributed by atoms with Gasteiger partial charge in [0, 0.05) is 0 Å². The Balaban J connectivity index is 1.37. The summed E-state index contributed by atoms with van der Waals surface area (Å²) >= 11 is 6.27. The molecule has 0 spiro atoms. The number of hydrogen-bond acceptors (Lipinski definition) is 10. The highest BCUT2D eigenvalue weighted by molar-refractivity contribution is 6.33. The first kappa shape index (κ1) is 30.9. The average molecular weight is 641 g/mol. The molecule has 4 atom stereocenters. The van der Waals surface area contributed by atoms with Gasteiger partial charge in [-0.3, -0.25) is 4.57 Å². The van der Waals surface area contributed by atoms with Gasteiger partial charge in [0.25, 0.3) is 0 Å². The van der Waals surface area contributed by atoms with Crippen LogP contribution < -0.4 is 0 Å². The summed E-state index contributed by atoms with van der Waals surface area (Å²) in [5.41, 5.74) is 4.38. The van der Waals surface area contributed by atoms with Crippen molar-refractivity contribution in [2.24, 2.45) is 0 Å².